The zero-order valence-corrected chi connectivity index (χ0v) is 17.1. The number of allylic oxidation sites excluding steroid dienone is 3. The molecular formula is C21H21NO4S2. The molecule has 5 nitrogen and oxygen atoms in total. The minimum Gasteiger partial charge on any atom is -0.479 e. The molecule has 7 heteroatoms. The maximum atomic E-state index is 11.1. The highest BCUT2D eigenvalue weighted by Crippen LogP contribution is 2.44. The van der Waals surface area contributed by atoms with Crippen LogP contribution in [0.25, 0.3) is 0 Å². The van der Waals surface area contributed by atoms with Crippen molar-refractivity contribution in [3.8, 4) is 5.75 Å². The molecule has 1 unspecified atom stereocenters. The van der Waals surface area contributed by atoms with Gasteiger partial charge >= 0.3 is 5.97 Å². The number of carboxylic acids is 1. The van der Waals surface area contributed by atoms with Crippen LogP contribution >= 0.6 is 23.3 Å². The normalized spacial score (nSPS) is 16.5. The molecule has 0 saturated carbocycles. The Bertz CT molecular complexity index is 917. The molecule has 2 aliphatic rings. The van der Waals surface area contributed by atoms with Gasteiger partial charge in [0.05, 0.1) is 0 Å². The summed E-state index contributed by atoms with van der Waals surface area (Å²) in [6.07, 6.45) is 5.95. The van der Waals surface area contributed by atoms with Crippen molar-refractivity contribution < 1.29 is 19.4 Å². The second kappa shape index (κ2) is 8.43. The average Bonchev–Trinajstić information content (AvgIpc) is 3.31. The molecule has 0 saturated heterocycles. The molecule has 0 spiro atoms. The van der Waals surface area contributed by atoms with E-state index < -0.39 is 12.1 Å². The third-order valence-electron chi connectivity index (χ3n) is 4.80. The Morgan fingerprint density at radius 3 is 2.86 bits per heavy atom. The first-order valence-electron chi connectivity index (χ1n) is 9.02. The van der Waals surface area contributed by atoms with Gasteiger partial charge in [-0.3, -0.25) is 4.31 Å². The van der Waals surface area contributed by atoms with Gasteiger partial charge in [0.2, 0.25) is 0 Å². The third-order valence-corrected chi connectivity index (χ3v) is 7.02. The van der Waals surface area contributed by atoms with E-state index in [9.17, 15) is 4.79 Å². The van der Waals surface area contributed by atoms with Gasteiger partial charge in [0, 0.05) is 18.4 Å². The molecule has 2 heterocycles. The lowest BCUT2D eigenvalue weighted by Crippen LogP contribution is -2.24. The van der Waals surface area contributed by atoms with Gasteiger partial charge in [0.1, 0.15) is 10.8 Å². The quantitative estimate of drug-likeness (QED) is 0.664. The summed E-state index contributed by atoms with van der Waals surface area (Å²) in [4.78, 5) is 12.4. The van der Waals surface area contributed by atoms with Crippen molar-refractivity contribution in [3.63, 3.8) is 0 Å². The lowest BCUT2D eigenvalue weighted by Gasteiger charge is -2.22. The van der Waals surface area contributed by atoms with Gasteiger partial charge in [-0.05, 0) is 65.1 Å². The van der Waals surface area contributed by atoms with Crippen molar-refractivity contribution in [1.29, 1.82) is 0 Å². The molecule has 28 heavy (non-hydrogen) atoms. The van der Waals surface area contributed by atoms with Crippen LogP contribution in [0.1, 0.15) is 17.5 Å². The summed E-state index contributed by atoms with van der Waals surface area (Å²) in [7, 11) is 1.41. The summed E-state index contributed by atoms with van der Waals surface area (Å²) in [5, 5.41) is 12.5. The van der Waals surface area contributed by atoms with Crippen molar-refractivity contribution in [1.82, 2.24) is 0 Å². The Balaban J connectivity index is 1.41. The Kier molecular flexibility index (Phi) is 5.75. The lowest BCUT2D eigenvalue weighted by molar-refractivity contribution is -0.148. The molecule has 1 N–H and O–H groups in total. The van der Waals surface area contributed by atoms with Crippen LogP contribution in [0, 0.1) is 0 Å². The molecular weight excluding hydrogens is 394 g/mol. The number of rotatable bonds is 7. The molecule has 0 fully saturated rings. The van der Waals surface area contributed by atoms with Crippen LogP contribution in [-0.4, -0.2) is 31.0 Å². The van der Waals surface area contributed by atoms with Crippen molar-refractivity contribution >= 4 is 34.3 Å². The number of carboxylic acid groups (broad SMARTS) is 1. The first-order valence-corrected chi connectivity index (χ1v) is 10.7. The standard InChI is InChI=1S/C21H21NO4S2/c1-25-18(21(23)24)11-14-5-7-17(8-6-14)26-13-22-20-16(9-10-27-20)12-15-3-2-4-19(15)28-22/h2,4-10,18H,3,11-13H2,1H3,(H,23,24). The molecule has 1 atom stereocenters. The minimum atomic E-state index is -0.956. The minimum absolute atomic E-state index is 0.329. The second-order valence-electron chi connectivity index (χ2n) is 6.66. The van der Waals surface area contributed by atoms with Crippen LogP contribution < -0.4 is 9.04 Å². The summed E-state index contributed by atoms with van der Waals surface area (Å²) in [5.74, 6) is -0.199. The second-order valence-corrected chi connectivity index (χ2v) is 8.61. The zero-order valence-electron chi connectivity index (χ0n) is 15.5. The number of hydrogen-bond donors (Lipinski definition) is 1. The maximum absolute atomic E-state index is 11.1. The molecule has 146 valence electrons. The van der Waals surface area contributed by atoms with Crippen LogP contribution in [-0.2, 0) is 22.4 Å². The number of aliphatic carboxylic acids is 1. The van der Waals surface area contributed by atoms with Gasteiger partial charge in [0.25, 0.3) is 0 Å². The molecule has 0 bridgehead atoms. The van der Waals surface area contributed by atoms with Gasteiger partial charge in [-0.1, -0.05) is 24.3 Å². The molecule has 1 aromatic carbocycles. The topological polar surface area (TPSA) is 59.0 Å². The Labute approximate surface area is 172 Å². The van der Waals surface area contributed by atoms with Crippen LogP contribution in [0.15, 0.2) is 58.3 Å². The summed E-state index contributed by atoms with van der Waals surface area (Å²) in [6.45, 7) is 0.442. The average molecular weight is 416 g/mol. The number of nitrogens with zero attached hydrogens (tertiary/aromatic N) is 1. The predicted molar refractivity (Wildman–Crippen MR) is 113 cm³/mol. The van der Waals surface area contributed by atoms with E-state index in [4.69, 9.17) is 14.6 Å². The predicted octanol–water partition coefficient (Wildman–Crippen LogP) is 4.65. The Morgan fingerprint density at radius 2 is 2.11 bits per heavy atom. The highest BCUT2D eigenvalue weighted by atomic mass is 32.2. The molecule has 1 aliphatic heterocycles. The molecule has 1 aromatic heterocycles. The monoisotopic (exact) mass is 415 g/mol. The van der Waals surface area contributed by atoms with Gasteiger partial charge in [-0.25, -0.2) is 4.79 Å². The highest BCUT2D eigenvalue weighted by Gasteiger charge is 2.24. The highest BCUT2D eigenvalue weighted by molar-refractivity contribution is 8.04. The number of anilines is 1. The van der Waals surface area contributed by atoms with E-state index in [0.717, 1.165) is 24.2 Å². The van der Waals surface area contributed by atoms with Gasteiger partial charge in [-0.2, -0.15) is 0 Å². The van der Waals surface area contributed by atoms with Crippen LogP contribution in [0.4, 0.5) is 5.00 Å². The number of benzene rings is 1. The summed E-state index contributed by atoms with van der Waals surface area (Å²) < 4.78 is 13.2. The zero-order chi connectivity index (χ0) is 19.5. The number of ether oxygens (including phenoxy) is 2. The van der Waals surface area contributed by atoms with Crippen molar-refractivity contribution in [2.75, 3.05) is 18.1 Å². The van der Waals surface area contributed by atoms with Gasteiger partial charge in [-0.15, -0.1) is 11.3 Å². The van der Waals surface area contributed by atoms with E-state index >= 15 is 0 Å². The van der Waals surface area contributed by atoms with Crippen LogP contribution in [0.2, 0.25) is 0 Å². The van der Waals surface area contributed by atoms with Crippen LogP contribution in [0.3, 0.4) is 0 Å². The fourth-order valence-electron chi connectivity index (χ4n) is 3.28. The van der Waals surface area contributed by atoms with Gasteiger partial charge in [0.15, 0.2) is 12.8 Å². The molecule has 0 radical (unpaired) electrons. The molecule has 0 amide bonds. The summed E-state index contributed by atoms with van der Waals surface area (Å²) in [5.41, 5.74) is 3.73. The van der Waals surface area contributed by atoms with E-state index in [2.05, 4.69) is 27.9 Å². The fraction of sp³-hybridized carbons (Fsp3) is 0.286. The maximum Gasteiger partial charge on any atom is 0.333 e. The van der Waals surface area contributed by atoms with E-state index in [1.807, 2.05) is 24.3 Å². The summed E-state index contributed by atoms with van der Waals surface area (Å²) in [6, 6.07) is 9.72. The molecule has 2 aromatic rings. The number of methoxy groups -OCH3 is 1. The first kappa shape index (κ1) is 19.1. The number of hydrogen-bond acceptors (Lipinski definition) is 6. The SMILES string of the molecule is COC(Cc1ccc(OCN2SC3=C(CC=C3)Cc3ccsc32)cc1)C(=O)O. The molecule has 1 aliphatic carbocycles. The third kappa shape index (κ3) is 4.11. The smallest absolute Gasteiger partial charge is 0.333 e. The van der Waals surface area contributed by atoms with Crippen molar-refractivity contribution in [2.24, 2.45) is 0 Å². The fourth-order valence-corrected chi connectivity index (χ4v) is 5.33. The first-order chi connectivity index (χ1) is 13.6. The van der Waals surface area contributed by atoms with Gasteiger partial charge < -0.3 is 14.6 Å². The van der Waals surface area contributed by atoms with E-state index in [0.29, 0.717) is 13.2 Å². The van der Waals surface area contributed by atoms with E-state index in [-0.39, 0.29) is 0 Å². The van der Waals surface area contributed by atoms with Crippen LogP contribution in [0.5, 0.6) is 5.75 Å². The Hall–Kier alpha value is -2.22. The summed E-state index contributed by atoms with van der Waals surface area (Å²) >= 11 is 3.48. The number of fused-ring (bicyclic) bond motifs is 1. The number of thiophene rings is 1. The Morgan fingerprint density at radius 1 is 1.29 bits per heavy atom. The number of carbonyl (C=O) groups is 1. The van der Waals surface area contributed by atoms with Crippen molar-refractivity contribution in [3.05, 3.63) is 69.5 Å². The van der Waals surface area contributed by atoms with E-state index in [1.54, 1.807) is 23.3 Å². The van der Waals surface area contributed by atoms with E-state index in [1.165, 1.54) is 28.2 Å². The largest absolute Gasteiger partial charge is 0.479 e. The van der Waals surface area contributed by atoms with Crippen molar-refractivity contribution in [2.45, 2.75) is 25.4 Å². The lowest BCUT2D eigenvalue weighted by atomic mass is 10.1. The molecule has 4 rings (SSSR count).